The lowest BCUT2D eigenvalue weighted by Gasteiger charge is -2.09. The van der Waals surface area contributed by atoms with Crippen molar-refractivity contribution in [3.8, 4) is 5.75 Å². The number of amides is 3. The molecule has 0 aliphatic carbocycles. The molecule has 2 aromatic carbocycles. The maximum atomic E-state index is 13.4. The normalized spacial score (nSPS) is 9.92. The Labute approximate surface area is 139 Å². The van der Waals surface area contributed by atoms with Gasteiger partial charge in [0.05, 0.1) is 13.7 Å². The third-order valence-corrected chi connectivity index (χ3v) is 3.17. The Morgan fingerprint density at radius 2 is 1.88 bits per heavy atom. The lowest BCUT2D eigenvalue weighted by Crippen LogP contribution is -2.38. The van der Waals surface area contributed by atoms with Gasteiger partial charge in [0, 0.05) is 23.9 Å². The van der Waals surface area contributed by atoms with Crippen molar-refractivity contribution in [3.05, 3.63) is 59.9 Å². The monoisotopic (exact) mass is 331 g/mol. The number of halogens is 1. The van der Waals surface area contributed by atoms with Crippen LogP contribution in [-0.2, 0) is 11.3 Å². The maximum absolute atomic E-state index is 13.4. The molecule has 0 aliphatic rings. The van der Waals surface area contributed by atoms with E-state index in [1.54, 1.807) is 42.5 Å². The van der Waals surface area contributed by atoms with Crippen LogP contribution in [0.5, 0.6) is 5.75 Å². The Hall–Kier alpha value is -3.09. The van der Waals surface area contributed by atoms with Gasteiger partial charge in [-0.2, -0.15) is 0 Å². The fourth-order valence-corrected chi connectivity index (χ4v) is 1.93. The summed E-state index contributed by atoms with van der Waals surface area (Å²) < 4.78 is 18.5. The Morgan fingerprint density at radius 1 is 1.08 bits per heavy atom. The average molecular weight is 331 g/mol. The van der Waals surface area contributed by atoms with Gasteiger partial charge in [0.15, 0.2) is 0 Å². The molecule has 0 atom stereocenters. The van der Waals surface area contributed by atoms with Crippen LogP contribution in [-0.4, -0.2) is 25.6 Å². The van der Waals surface area contributed by atoms with E-state index in [2.05, 4.69) is 16.0 Å². The summed E-state index contributed by atoms with van der Waals surface area (Å²) in [4.78, 5) is 23.4. The third-order valence-electron chi connectivity index (χ3n) is 3.17. The predicted molar refractivity (Wildman–Crippen MR) is 88.3 cm³/mol. The van der Waals surface area contributed by atoms with Gasteiger partial charge in [-0.25, -0.2) is 9.18 Å². The van der Waals surface area contributed by atoms with E-state index in [1.807, 2.05) is 0 Å². The number of nitrogens with one attached hydrogen (secondary N) is 3. The first-order chi connectivity index (χ1) is 11.6. The summed E-state index contributed by atoms with van der Waals surface area (Å²) >= 11 is 0. The van der Waals surface area contributed by atoms with Crippen molar-refractivity contribution < 1.29 is 18.7 Å². The van der Waals surface area contributed by atoms with E-state index in [1.165, 1.54) is 13.2 Å². The molecule has 24 heavy (non-hydrogen) atoms. The number of methoxy groups -OCH3 is 1. The van der Waals surface area contributed by atoms with E-state index in [-0.39, 0.29) is 18.9 Å². The van der Waals surface area contributed by atoms with Gasteiger partial charge in [0.2, 0.25) is 5.91 Å². The number of hydrogen-bond acceptors (Lipinski definition) is 3. The van der Waals surface area contributed by atoms with Gasteiger partial charge in [-0.15, -0.1) is 0 Å². The van der Waals surface area contributed by atoms with E-state index >= 15 is 0 Å². The molecule has 0 saturated carbocycles. The van der Waals surface area contributed by atoms with Gasteiger partial charge in [0.1, 0.15) is 11.6 Å². The number of rotatable bonds is 6. The number of benzene rings is 2. The molecule has 0 fully saturated rings. The first-order valence-electron chi connectivity index (χ1n) is 7.27. The van der Waals surface area contributed by atoms with Crippen LogP contribution in [0.1, 0.15) is 5.56 Å². The molecule has 0 radical (unpaired) electrons. The summed E-state index contributed by atoms with van der Waals surface area (Å²) in [6.45, 7) is -0.158. The van der Waals surface area contributed by atoms with Crippen LogP contribution in [0.4, 0.5) is 14.9 Å². The number of urea groups is 1. The quantitative estimate of drug-likeness (QED) is 0.760. The minimum Gasteiger partial charge on any atom is -0.497 e. The molecule has 2 aromatic rings. The van der Waals surface area contributed by atoms with Gasteiger partial charge in [0.25, 0.3) is 0 Å². The summed E-state index contributed by atoms with van der Waals surface area (Å²) in [5, 5.41) is 7.54. The highest BCUT2D eigenvalue weighted by atomic mass is 19.1. The van der Waals surface area contributed by atoms with Crippen molar-refractivity contribution in [1.29, 1.82) is 0 Å². The van der Waals surface area contributed by atoms with E-state index in [9.17, 15) is 14.0 Å². The summed E-state index contributed by atoms with van der Waals surface area (Å²) in [7, 11) is 1.53. The molecular weight excluding hydrogens is 313 g/mol. The third kappa shape index (κ3) is 5.28. The molecule has 126 valence electrons. The highest BCUT2D eigenvalue weighted by molar-refractivity contribution is 5.92. The van der Waals surface area contributed by atoms with Crippen molar-refractivity contribution in [2.24, 2.45) is 0 Å². The highest BCUT2D eigenvalue weighted by Crippen LogP contribution is 2.16. The fourth-order valence-electron chi connectivity index (χ4n) is 1.93. The summed E-state index contributed by atoms with van der Waals surface area (Å²) in [6, 6.07) is 12.5. The molecule has 0 bridgehead atoms. The molecule has 0 heterocycles. The van der Waals surface area contributed by atoms with Crippen molar-refractivity contribution in [2.75, 3.05) is 19.0 Å². The molecular formula is C17H18FN3O3. The summed E-state index contributed by atoms with van der Waals surface area (Å²) in [6.07, 6.45) is 0. The van der Waals surface area contributed by atoms with E-state index < -0.39 is 11.9 Å². The first kappa shape index (κ1) is 17.3. The molecule has 3 N–H and O–H groups in total. The molecule has 3 amide bonds. The lowest BCUT2D eigenvalue weighted by molar-refractivity contribution is -0.120. The second-order valence-electron chi connectivity index (χ2n) is 4.91. The minimum absolute atomic E-state index is 0.0602. The molecule has 2 rings (SSSR count). The van der Waals surface area contributed by atoms with Crippen LogP contribution in [0.3, 0.4) is 0 Å². The van der Waals surface area contributed by atoms with Crippen molar-refractivity contribution in [2.45, 2.75) is 6.54 Å². The maximum Gasteiger partial charge on any atom is 0.319 e. The van der Waals surface area contributed by atoms with Gasteiger partial charge >= 0.3 is 6.03 Å². The lowest BCUT2D eigenvalue weighted by atomic mass is 10.2. The van der Waals surface area contributed by atoms with E-state index in [4.69, 9.17) is 4.74 Å². The number of anilines is 1. The number of carbonyl (C=O) groups is 2. The SMILES string of the molecule is COc1cccc(NC(=O)NCC(=O)NCc2ccccc2F)c1. The van der Waals surface area contributed by atoms with E-state index in [0.29, 0.717) is 17.0 Å². The fraction of sp³-hybridized carbons (Fsp3) is 0.176. The number of carbonyl (C=O) groups excluding carboxylic acids is 2. The Morgan fingerprint density at radius 3 is 2.62 bits per heavy atom. The Kier molecular flexibility index (Phi) is 6.13. The molecule has 0 spiro atoms. The first-order valence-corrected chi connectivity index (χ1v) is 7.27. The van der Waals surface area contributed by atoms with Crippen LogP contribution in [0, 0.1) is 5.82 Å². The van der Waals surface area contributed by atoms with Crippen LogP contribution in [0.2, 0.25) is 0 Å². The van der Waals surface area contributed by atoms with Crippen molar-refractivity contribution in [3.63, 3.8) is 0 Å². The summed E-state index contributed by atoms with van der Waals surface area (Å²) in [5.41, 5.74) is 0.922. The topological polar surface area (TPSA) is 79.5 Å². The highest BCUT2D eigenvalue weighted by Gasteiger charge is 2.07. The Balaban J connectivity index is 1.75. The molecule has 7 heteroatoms. The predicted octanol–water partition coefficient (Wildman–Crippen LogP) is 2.27. The molecule has 6 nitrogen and oxygen atoms in total. The second-order valence-corrected chi connectivity index (χ2v) is 4.91. The van der Waals surface area contributed by atoms with E-state index in [0.717, 1.165) is 0 Å². The number of hydrogen-bond donors (Lipinski definition) is 3. The number of ether oxygens (including phenoxy) is 1. The average Bonchev–Trinajstić information content (AvgIpc) is 2.59. The van der Waals surface area contributed by atoms with Crippen LogP contribution in [0.15, 0.2) is 48.5 Å². The molecule has 0 saturated heterocycles. The van der Waals surface area contributed by atoms with Crippen LogP contribution < -0.4 is 20.7 Å². The van der Waals surface area contributed by atoms with Crippen molar-refractivity contribution >= 4 is 17.6 Å². The van der Waals surface area contributed by atoms with Gasteiger partial charge in [-0.05, 0) is 18.2 Å². The zero-order chi connectivity index (χ0) is 17.4. The molecule has 0 aromatic heterocycles. The van der Waals surface area contributed by atoms with Crippen LogP contribution in [0.25, 0.3) is 0 Å². The van der Waals surface area contributed by atoms with Crippen LogP contribution >= 0.6 is 0 Å². The smallest absolute Gasteiger partial charge is 0.319 e. The minimum atomic E-state index is -0.524. The zero-order valence-corrected chi connectivity index (χ0v) is 13.1. The molecule has 0 unspecified atom stereocenters. The van der Waals surface area contributed by atoms with Crippen molar-refractivity contribution in [1.82, 2.24) is 10.6 Å². The largest absolute Gasteiger partial charge is 0.497 e. The zero-order valence-electron chi connectivity index (χ0n) is 13.1. The second kappa shape index (κ2) is 8.52. The van der Waals surface area contributed by atoms with Gasteiger partial charge in [-0.1, -0.05) is 24.3 Å². The van der Waals surface area contributed by atoms with Gasteiger partial charge in [-0.3, -0.25) is 4.79 Å². The standard InChI is InChI=1S/C17H18FN3O3/c1-24-14-7-4-6-13(9-14)21-17(23)20-11-16(22)19-10-12-5-2-3-8-15(12)18/h2-9H,10-11H2,1H3,(H,19,22)(H2,20,21,23). The van der Waals surface area contributed by atoms with Gasteiger partial charge < -0.3 is 20.7 Å². The summed E-state index contributed by atoms with van der Waals surface area (Å²) in [5.74, 6) is -0.198. The molecule has 0 aliphatic heterocycles. The Bertz CT molecular complexity index is 722.